The Labute approximate surface area is 141 Å². The summed E-state index contributed by atoms with van der Waals surface area (Å²) in [6.45, 7) is 2.43. The molecule has 6 heteroatoms. The van der Waals surface area contributed by atoms with Crippen LogP contribution in [0.4, 0.5) is 0 Å². The van der Waals surface area contributed by atoms with Gasteiger partial charge in [0.25, 0.3) is 0 Å². The van der Waals surface area contributed by atoms with E-state index in [9.17, 15) is 14.4 Å². The normalized spacial score (nSPS) is 19.4. The highest BCUT2D eigenvalue weighted by atomic mass is 16.2. The summed E-state index contributed by atoms with van der Waals surface area (Å²) in [5.74, 6) is -0.182. The van der Waals surface area contributed by atoms with Crippen molar-refractivity contribution in [3.05, 3.63) is 35.9 Å². The Morgan fingerprint density at radius 2 is 1.96 bits per heavy atom. The van der Waals surface area contributed by atoms with Crippen LogP contribution in [0.15, 0.2) is 30.3 Å². The predicted octanol–water partition coefficient (Wildman–Crippen LogP) is 0.567. The van der Waals surface area contributed by atoms with Gasteiger partial charge in [-0.2, -0.15) is 0 Å². The highest BCUT2D eigenvalue weighted by Crippen LogP contribution is 2.29. The van der Waals surface area contributed by atoms with Crippen molar-refractivity contribution in [3.63, 3.8) is 0 Å². The van der Waals surface area contributed by atoms with Crippen molar-refractivity contribution in [2.45, 2.75) is 38.3 Å². The molecule has 2 amide bonds. The molecule has 1 saturated heterocycles. The van der Waals surface area contributed by atoms with E-state index < -0.39 is 6.04 Å². The van der Waals surface area contributed by atoms with E-state index in [0.717, 1.165) is 18.4 Å². The van der Waals surface area contributed by atoms with E-state index in [2.05, 4.69) is 5.32 Å². The Bertz CT molecular complexity index is 628. The molecule has 0 radical (unpaired) electrons. The molecule has 1 aliphatic heterocycles. The molecule has 0 bridgehead atoms. The molecule has 24 heavy (non-hydrogen) atoms. The summed E-state index contributed by atoms with van der Waals surface area (Å²) in [4.78, 5) is 39.7. The maximum absolute atomic E-state index is 12.3. The van der Waals surface area contributed by atoms with Gasteiger partial charge in [0, 0.05) is 6.04 Å². The molecule has 0 spiro atoms. The fourth-order valence-electron chi connectivity index (χ4n) is 3.03. The number of hydrogen-bond donors (Lipinski definition) is 1. The van der Waals surface area contributed by atoms with E-state index >= 15 is 0 Å². The van der Waals surface area contributed by atoms with Crippen molar-refractivity contribution in [2.24, 2.45) is 0 Å². The molecule has 1 atom stereocenters. The molecular weight excluding hydrogens is 306 g/mol. The van der Waals surface area contributed by atoms with E-state index in [1.807, 2.05) is 40.1 Å². The number of carbonyl (C=O) groups excluding carboxylic acids is 3. The molecule has 6 nitrogen and oxygen atoms in total. The van der Waals surface area contributed by atoms with E-state index in [1.165, 1.54) is 6.92 Å². The summed E-state index contributed by atoms with van der Waals surface area (Å²) in [5, 5.41) is 2.81. The summed E-state index contributed by atoms with van der Waals surface area (Å²) in [7, 11) is 0. The van der Waals surface area contributed by atoms with Gasteiger partial charge in [0.05, 0.1) is 25.8 Å². The number of nitrogens with one attached hydrogen (secondary N) is 1. The maximum Gasteiger partial charge on any atom is 0.238 e. The van der Waals surface area contributed by atoms with Crippen molar-refractivity contribution in [3.8, 4) is 0 Å². The Morgan fingerprint density at radius 1 is 1.25 bits per heavy atom. The van der Waals surface area contributed by atoms with Crippen molar-refractivity contribution in [1.82, 2.24) is 15.1 Å². The second-order valence-corrected chi connectivity index (χ2v) is 6.64. The van der Waals surface area contributed by atoms with Crippen molar-refractivity contribution < 1.29 is 14.4 Å². The molecule has 3 rings (SSSR count). The highest BCUT2D eigenvalue weighted by Gasteiger charge is 2.38. The SMILES string of the molecule is CC(=O)C(Cc1ccccc1)NC(=O)CN1CC(=O)N(C2CC2)C1. The van der Waals surface area contributed by atoms with Crippen LogP contribution in [0.3, 0.4) is 0 Å². The minimum absolute atomic E-state index is 0.0655. The summed E-state index contributed by atoms with van der Waals surface area (Å²) >= 11 is 0. The van der Waals surface area contributed by atoms with Gasteiger partial charge in [0.1, 0.15) is 0 Å². The van der Waals surface area contributed by atoms with Crippen LogP contribution >= 0.6 is 0 Å². The van der Waals surface area contributed by atoms with Gasteiger partial charge >= 0.3 is 0 Å². The van der Waals surface area contributed by atoms with Crippen LogP contribution in [0.5, 0.6) is 0 Å². The third-order valence-corrected chi connectivity index (χ3v) is 4.50. The third kappa shape index (κ3) is 4.20. The van der Waals surface area contributed by atoms with Crippen LogP contribution in [-0.2, 0) is 20.8 Å². The highest BCUT2D eigenvalue weighted by molar-refractivity contribution is 5.89. The van der Waals surface area contributed by atoms with E-state index in [1.54, 1.807) is 0 Å². The first-order valence-electron chi connectivity index (χ1n) is 8.38. The average molecular weight is 329 g/mol. The van der Waals surface area contributed by atoms with Crippen LogP contribution in [-0.4, -0.2) is 59.2 Å². The summed E-state index contributed by atoms with van der Waals surface area (Å²) in [6, 6.07) is 9.46. The number of rotatable bonds is 7. The molecule has 0 aromatic heterocycles. The quantitative estimate of drug-likeness (QED) is 0.794. The average Bonchev–Trinajstić information content (AvgIpc) is 3.31. The molecule has 2 fully saturated rings. The number of amides is 2. The van der Waals surface area contributed by atoms with Crippen molar-refractivity contribution in [1.29, 1.82) is 0 Å². The first-order chi connectivity index (χ1) is 11.5. The number of Topliss-reactive ketones (excluding diaryl/α,β-unsaturated/α-hetero) is 1. The Balaban J connectivity index is 1.52. The molecule has 1 heterocycles. The van der Waals surface area contributed by atoms with E-state index in [0.29, 0.717) is 19.1 Å². The molecule has 1 aromatic rings. The Morgan fingerprint density at radius 3 is 2.58 bits per heavy atom. The second kappa shape index (κ2) is 7.13. The molecule has 1 unspecified atom stereocenters. The Hall–Kier alpha value is -2.21. The molecule has 1 aliphatic carbocycles. The lowest BCUT2D eigenvalue weighted by Crippen LogP contribution is -2.46. The molecule has 1 N–H and O–H groups in total. The zero-order valence-electron chi connectivity index (χ0n) is 13.9. The second-order valence-electron chi connectivity index (χ2n) is 6.64. The third-order valence-electron chi connectivity index (χ3n) is 4.50. The van der Waals surface area contributed by atoms with Gasteiger partial charge in [-0.3, -0.25) is 19.3 Å². The molecule has 1 saturated carbocycles. The number of benzene rings is 1. The van der Waals surface area contributed by atoms with Crippen LogP contribution in [0.25, 0.3) is 0 Å². The largest absolute Gasteiger partial charge is 0.345 e. The number of carbonyl (C=O) groups is 3. The van der Waals surface area contributed by atoms with Crippen molar-refractivity contribution >= 4 is 17.6 Å². The van der Waals surface area contributed by atoms with Gasteiger partial charge in [-0.15, -0.1) is 0 Å². The first kappa shape index (κ1) is 16.6. The zero-order valence-corrected chi connectivity index (χ0v) is 13.9. The lowest BCUT2D eigenvalue weighted by Gasteiger charge is -2.20. The number of nitrogens with zero attached hydrogens (tertiary/aromatic N) is 2. The van der Waals surface area contributed by atoms with Crippen LogP contribution in [0, 0.1) is 0 Å². The van der Waals surface area contributed by atoms with Crippen molar-refractivity contribution in [2.75, 3.05) is 19.8 Å². The minimum atomic E-state index is -0.530. The zero-order chi connectivity index (χ0) is 17.1. The number of hydrogen-bond acceptors (Lipinski definition) is 4. The number of ketones is 1. The lowest BCUT2D eigenvalue weighted by molar-refractivity contribution is -0.127. The first-order valence-corrected chi connectivity index (χ1v) is 8.38. The Kier molecular flexibility index (Phi) is 4.94. The molecular formula is C18H23N3O3. The lowest BCUT2D eigenvalue weighted by atomic mass is 10.0. The van der Waals surface area contributed by atoms with Gasteiger partial charge in [-0.25, -0.2) is 0 Å². The molecule has 2 aliphatic rings. The van der Waals surface area contributed by atoms with Gasteiger partial charge < -0.3 is 10.2 Å². The minimum Gasteiger partial charge on any atom is -0.345 e. The van der Waals surface area contributed by atoms with Gasteiger partial charge in [-0.05, 0) is 31.7 Å². The molecule has 1 aromatic carbocycles. The van der Waals surface area contributed by atoms with Gasteiger partial charge in [0.15, 0.2) is 5.78 Å². The molecule has 128 valence electrons. The summed E-state index contributed by atoms with van der Waals surface area (Å²) in [5.41, 5.74) is 1.01. The van der Waals surface area contributed by atoms with Gasteiger partial charge in [0.2, 0.25) is 11.8 Å². The smallest absolute Gasteiger partial charge is 0.238 e. The van der Waals surface area contributed by atoms with Crippen LogP contribution < -0.4 is 5.32 Å². The fraction of sp³-hybridized carbons (Fsp3) is 0.500. The predicted molar refractivity (Wildman–Crippen MR) is 89.1 cm³/mol. The van der Waals surface area contributed by atoms with Crippen LogP contribution in [0.1, 0.15) is 25.3 Å². The topological polar surface area (TPSA) is 69.7 Å². The van der Waals surface area contributed by atoms with E-state index in [-0.39, 0.29) is 30.7 Å². The van der Waals surface area contributed by atoms with Gasteiger partial charge in [-0.1, -0.05) is 30.3 Å². The van der Waals surface area contributed by atoms with Crippen LogP contribution in [0.2, 0.25) is 0 Å². The summed E-state index contributed by atoms with van der Waals surface area (Å²) < 4.78 is 0. The maximum atomic E-state index is 12.3. The van der Waals surface area contributed by atoms with E-state index in [4.69, 9.17) is 0 Å². The standard InChI is InChI=1S/C18H23N3O3/c1-13(22)16(9-14-5-3-2-4-6-14)19-17(23)10-20-11-18(24)21(12-20)15-7-8-15/h2-6,15-16H,7-12H2,1H3,(H,19,23). The monoisotopic (exact) mass is 329 g/mol. The summed E-state index contributed by atoms with van der Waals surface area (Å²) in [6.07, 6.45) is 2.61. The fourth-order valence-corrected chi connectivity index (χ4v) is 3.03.